The lowest BCUT2D eigenvalue weighted by molar-refractivity contribution is 0.0818. The Labute approximate surface area is 122 Å². The first-order valence-electron chi connectivity index (χ1n) is 6.12. The summed E-state index contributed by atoms with van der Waals surface area (Å²) in [4.78, 5) is 22.8. The SMILES string of the molecule is CC(Oc1ccc(C=O)cc1Cl)C(=O)c1ccccc1. The topological polar surface area (TPSA) is 43.4 Å². The fourth-order valence-corrected chi connectivity index (χ4v) is 2.00. The quantitative estimate of drug-likeness (QED) is 0.621. The molecule has 0 aromatic heterocycles. The first-order chi connectivity index (χ1) is 9.61. The summed E-state index contributed by atoms with van der Waals surface area (Å²) in [6.45, 7) is 1.67. The molecule has 2 aromatic rings. The molecule has 2 aromatic carbocycles. The normalized spacial score (nSPS) is 11.7. The lowest BCUT2D eigenvalue weighted by atomic mass is 10.1. The lowest BCUT2D eigenvalue weighted by Gasteiger charge is -2.15. The van der Waals surface area contributed by atoms with Crippen LogP contribution in [-0.2, 0) is 0 Å². The summed E-state index contributed by atoms with van der Waals surface area (Å²) >= 11 is 6.01. The lowest BCUT2D eigenvalue weighted by Crippen LogP contribution is -2.24. The molecular weight excluding hydrogens is 276 g/mol. The van der Waals surface area contributed by atoms with Crippen molar-refractivity contribution in [2.75, 3.05) is 0 Å². The van der Waals surface area contributed by atoms with Gasteiger partial charge in [-0.2, -0.15) is 0 Å². The van der Waals surface area contributed by atoms with Gasteiger partial charge in [-0.3, -0.25) is 9.59 Å². The molecule has 3 nitrogen and oxygen atoms in total. The van der Waals surface area contributed by atoms with E-state index >= 15 is 0 Å². The van der Waals surface area contributed by atoms with Crippen molar-refractivity contribution in [1.82, 2.24) is 0 Å². The van der Waals surface area contributed by atoms with Gasteiger partial charge in [-0.25, -0.2) is 0 Å². The maximum absolute atomic E-state index is 12.2. The van der Waals surface area contributed by atoms with Gasteiger partial charge in [0.2, 0.25) is 5.78 Å². The van der Waals surface area contributed by atoms with Crippen LogP contribution >= 0.6 is 11.6 Å². The van der Waals surface area contributed by atoms with Gasteiger partial charge in [0.1, 0.15) is 12.0 Å². The summed E-state index contributed by atoms with van der Waals surface area (Å²) < 4.78 is 5.56. The van der Waals surface area contributed by atoms with E-state index in [9.17, 15) is 9.59 Å². The van der Waals surface area contributed by atoms with Crippen molar-refractivity contribution in [2.24, 2.45) is 0 Å². The summed E-state index contributed by atoms with van der Waals surface area (Å²) in [5, 5.41) is 0.308. The van der Waals surface area contributed by atoms with Crippen molar-refractivity contribution < 1.29 is 14.3 Å². The van der Waals surface area contributed by atoms with Gasteiger partial charge in [0.15, 0.2) is 6.10 Å². The predicted octanol–water partition coefficient (Wildman–Crippen LogP) is 3.80. The molecule has 0 fully saturated rings. The minimum Gasteiger partial charge on any atom is -0.481 e. The van der Waals surface area contributed by atoms with E-state index < -0.39 is 6.10 Å². The third-order valence-electron chi connectivity index (χ3n) is 2.82. The zero-order valence-electron chi connectivity index (χ0n) is 10.9. The number of aldehydes is 1. The number of Topliss-reactive ketones (excluding diaryl/α,β-unsaturated/α-hetero) is 1. The van der Waals surface area contributed by atoms with Crippen LogP contribution in [0.1, 0.15) is 27.6 Å². The molecule has 102 valence electrons. The van der Waals surface area contributed by atoms with Crippen LogP contribution in [-0.4, -0.2) is 18.2 Å². The van der Waals surface area contributed by atoms with Crippen LogP contribution in [0.15, 0.2) is 48.5 Å². The first-order valence-corrected chi connectivity index (χ1v) is 6.50. The number of rotatable bonds is 5. The third kappa shape index (κ3) is 3.25. The van der Waals surface area contributed by atoms with Crippen molar-refractivity contribution in [3.8, 4) is 5.75 Å². The van der Waals surface area contributed by atoms with Gasteiger partial charge in [-0.05, 0) is 25.1 Å². The Morgan fingerprint density at radius 1 is 1.20 bits per heavy atom. The summed E-state index contributed by atoms with van der Waals surface area (Å²) in [5.41, 5.74) is 1.05. The van der Waals surface area contributed by atoms with Crippen LogP contribution in [0.2, 0.25) is 5.02 Å². The van der Waals surface area contributed by atoms with E-state index in [4.69, 9.17) is 16.3 Å². The van der Waals surface area contributed by atoms with Crippen LogP contribution in [0.5, 0.6) is 5.75 Å². The van der Waals surface area contributed by atoms with Crippen molar-refractivity contribution >= 4 is 23.7 Å². The average Bonchev–Trinajstić information content (AvgIpc) is 2.49. The molecular formula is C16H13ClO3. The van der Waals surface area contributed by atoms with Gasteiger partial charge < -0.3 is 4.74 Å². The molecule has 0 heterocycles. The molecule has 0 radical (unpaired) electrons. The van der Waals surface area contributed by atoms with Gasteiger partial charge in [-0.1, -0.05) is 41.9 Å². The second-order valence-electron chi connectivity index (χ2n) is 4.30. The van der Waals surface area contributed by atoms with E-state index in [1.807, 2.05) is 6.07 Å². The Balaban J connectivity index is 2.14. The molecule has 2 rings (SSSR count). The largest absolute Gasteiger partial charge is 0.481 e. The molecule has 0 spiro atoms. The Morgan fingerprint density at radius 2 is 1.90 bits per heavy atom. The predicted molar refractivity (Wildman–Crippen MR) is 77.7 cm³/mol. The molecule has 0 saturated carbocycles. The molecule has 20 heavy (non-hydrogen) atoms. The monoisotopic (exact) mass is 288 g/mol. The summed E-state index contributed by atoms with van der Waals surface area (Å²) in [6, 6.07) is 13.6. The molecule has 0 aliphatic rings. The Kier molecular flexibility index (Phi) is 4.53. The van der Waals surface area contributed by atoms with Crippen LogP contribution in [0.4, 0.5) is 0 Å². The van der Waals surface area contributed by atoms with E-state index in [2.05, 4.69) is 0 Å². The second-order valence-corrected chi connectivity index (χ2v) is 4.71. The summed E-state index contributed by atoms with van der Waals surface area (Å²) in [5.74, 6) is 0.259. The fourth-order valence-electron chi connectivity index (χ4n) is 1.77. The van der Waals surface area contributed by atoms with Crippen molar-refractivity contribution in [3.63, 3.8) is 0 Å². The fraction of sp³-hybridized carbons (Fsp3) is 0.125. The standard InChI is InChI=1S/C16H13ClO3/c1-11(16(19)13-5-3-2-4-6-13)20-15-8-7-12(10-18)9-14(15)17/h2-11H,1H3. The molecule has 1 atom stereocenters. The third-order valence-corrected chi connectivity index (χ3v) is 3.12. The number of carbonyl (C=O) groups excluding carboxylic acids is 2. The minimum atomic E-state index is -0.656. The zero-order chi connectivity index (χ0) is 14.5. The highest BCUT2D eigenvalue weighted by Gasteiger charge is 2.17. The molecule has 0 amide bonds. The maximum Gasteiger partial charge on any atom is 0.202 e. The number of benzene rings is 2. The highest BCUT2D eigenvalue weighted by atomic mass is 35.5. The van der Waals surface area contributed by atoms with Gasteiger partial charge >= 0.3 is 0 Å². The van der Waals surface area contributed by atoms with Crippen LogP contribution in [0.3, 0.4) is 0 Å². The average molecular weight is 289 g/mol. The highest BCUT2D eigenvalue weighted by Crippen LogP contribution is 2.26. The van der Waals surface area contributed by atoms with E-state index in [1.54, 1.807) is 43.3 Å². The van der Waals surface area contributed by atoms with Crippen LogP contribution < -0.4 is 4.74 Å². The molecule has 0 saturated heterocycles. The summed E-state index contributed by atoms with van der Waals surface area (Å²) in [6.07, 6.45) is 0.0470. The number of ether oxygens (including phenoxy) is 1. The number of hydrogen-bond acceptors (Lipinski definition) is 3. The van der Waals surface area contributed by atoms with Crippen molar-refractivity contribution in [3.05, 3.63) is 64.7 Å². The molecule has 0 bridgehead atoms. The first kappa shape index (κ1) is 14.3. The van der Waals surface area contributed by atoms with Gasteiger partial charge in [0.05, 0.1) is 5.02 Å². The molecule has 0 aliphatic carbocycles. The number of halogens is 1. The maximum atomic E-state index is 12.2. The highest BCUT2D eigenvalue weighted by molar-refractivity contribution is 6.32. The van der Waals surface area contributed by atoms with Gasteiger partial charge in [0.25, 0.3) is 0 Å². The Morgan fingerprint density at radius 3 is 2.50 bits per heavy atom. The second kappa shape index (κ2) is 6.35. The van der Waals surface area contributed by atoms with Crippen LogP contribution in [0.25, 0.3) is 0 Å². The summed E-state index contributed by atoms with van der Waals surface area (Å²) in [7, 11) is 0. The van der Waals surface area contributed by atoms with Crippen LogP contribution in [0, 0.1) is 0 Å². The van der Waals surface area contributed by atoms with Gasteiger partial charge in [-0.15, -0.1) is 0 Å². The van der Waals surface area contributed by atoms with Crippen molar-refractivity contribution in [2.45, 2.75) is 13.0 Å². The Bertz CT molecular complexity index is 623. The smallest absolute Gasteiger partial charge is 0.202 e. The molecule has 0 aliphatic heterocycles. The van der Waals surface area contributed by atoms with E-state index in [1.165, 1.54) is 6.07 Å². The molecule has 0 N–H and O–H groups in total. The zero-order valence-corrected chi connectivity index (χ0v) is 11.6. The number of ketones is 1. The van der Waals surface area contributed by atoms with Crippen molar-refractivity contribution in [1.29, 1.82) is 0 Å². The van der Waals surface area contributed by atoms with E-state index in [-0.39, 0.29) is 5.78 Å². The van der Waals surface area contributed by atoms with E-state index in [0.29, 0.717) is 28.2 Å². The number of hydrogen-bond donors (Lipinski definition) is 0. The molecule has 4 heteroatoms. The molecule has 1 unspecified atom stereocenters. The Hall–Kier alpha value is -2.13. The minimum absolute atomic E-state index is 0.124. The van der Waals surface area contributed by atoms with E-state index in [0.717, 1.165) is 0 Å². The number of carbonyl (C=O) groups is 2. The van der Waals surface area contributed by atoms with Gasteiger partial charge in [0, 0.05) is 11.1 Å².